The molecular weight excluding hydrogens is 280 g/mol. The number of aromatic nitrogens is 2. The highest BCUT2D eigenvalue weighted by atomic mass is 79.9. The number of nitrogens with one attached hydrogen (secondary N) is 1. The van der Waals surface area contributed by atoms with Crippen LogP contribution in [0.25, 0.3) is 0 Å². The topological polar surface area (TPSA) is 53.6 Å². The van der Waals surface area contributed by atoms with E-state index in [1.807, 2.05) is 26.1 Å². The van der Waals surface area contributed by atoms with Crippen molar-refractivity contribution in [3.05, 3.63) is 40.0 Å². The minimum Gasteiger partial charge on any atom is -0.339 e. The van der Waals surface area contributed by atoms with Crippen LogP contribution in [0.2, 0.25) is 0 Å². The number of nitrogens with zero attached hydrogens (tertiary/aromatic N) is 3. The summed E-state index contributed by atoms with van der Waals surface area (Å²) in [5.41, 5.74) is 2.52. The summed E-state index contributed by atoms with van der Waals surface area (Å²) < 4.78 is 2.66. The molecule has 4 nitrogen and oxygen atoms in total. The smallest absolute Gasteiger partial charge is 0.152 e. The van der Waals surface area contributed by atoms with Crippen LogP contribution >= 0.6 is 15.9 Å². The third-order valence-electron chi connectivity index (χ3n) is 2.41. The van der Waals surface area contributed by atoms with Crippen LogP contribution in [0, 0.1) is 18.3 Å². The predicted octanol–water partition coefficient (Wildman–Crippen LogP) is 3.11. The molecule has 1 aromatic carbocycles. The van der Waals surface area contributed by atoms with E-state index in [2.05, 4.69) is 32.4 Å². The van der Waals surface area contributed by atoms with Gasteiger partial charge in [-0.2, -0.15) is 10.4 Å². The summed E-state index contributed by atoms with van der Waals surface area (Å²) in [5, 5.41) is 16.3. The number of halogens is 1. The van der Waals surface area contributed by atoms with E-state index in [1.165, 1.54) is 0 Å². The van der Waals surface area contributed by atoms with Crippen LogP contribution in [0.15, 0.2) is 28.7 Å². The highest BCUT2D eigenvalue weighted by molar-refractivity contribution is 9.10. The molecule has 0 bridgehead atoms. The number of anilines is 2. The molecule has 2 rings (SSSR count). The fourth-order valence-corrected chi connectivity index (χ4v) is 1.99. The molecule has 17 heavy (non-hydrogen) atoms. The molecule has 0 aliphatic rings. The Morgan fingerprint density at radius 2 is 2.12 bits per heavy atom. The molecule has 86 valence electrons. The van der Waals surface area contributed by atoms with E-state index in [9.17, 15) is 0 Å². The monoisotopic (exact) mass is 290 g/mol. The number of aryl methyl sites for hydroxylation is 2. The molecule has 1 heterocycles. The second-order valence-electron chi connectivity index (χ2n) is 3.76. The minimum atomic E-state index is 0.606. The third-order valence-corrected chi connectivity index (χ3v) is 2.87. The zero-order valence-electron chi connectivity index (χ0n) is 9.53. The molecule has 0 spiro atoms. The van der Waals surface area contributed by atoms with E-state index in [1.54, 1.807) is 16.8 Å². The summed E-state index contributed by atoms with van der Waals surface area (Å²) in [6.07, 6.45) is 0. The Morgan fingerprint density at radius 1 is 1.35 bits per heavy atom. The largest absolute Gasteiger partial charge is 0.339 e. The first kappa shape index (κ1) is 11.7. The average molecular weight is 291 g/mol. The van der Waals surface area contributed by atoms with Crippen molar-refractivity contribution in [2.24, 2.45) is 7.05 Å². The molecule has 0 aliphatic carbocycles. The van der Waals surface area contributed by atoms with Crippen molar-refractivity contribution in [1.29, 1.82) is 5.26 Å². The molecule has 0 radical (unpaired) electrons. The van der Waals surface area contributed by atoms with Crippen LogP contribution in [0.5, 0.6) is 0 Å². The summed E-state index contributed by atoms with van der Waals surface area (Å²) in [6.45, 7) is 1.99. The molecular formula is C12H11BrN4. The summed E-state index contributed by atoms with van der Waals surface area (Å²) in [5.74, 6) is 0.770. The first-order valence-corrected chi connectivity index (χ1v) is 5.86. The fourth-order valence-electron chi connectivity index (χ4n) is 1.50. The van der Waals surface area contributed by atoms with Crippen molar-refractivity contribution >= 4 is 27.4 Å². The highest BCUT2D eigenvalue weighted by Crippen LogP contribution is 2.22. The Balaban J connectivity index is 2.30. The summed E-state index contributed by atoms with van der Waals surface area (Å²) in [6, 6.07) is 9.53. The van der Waals surface area contributed by atoms with Crippen LogP contribution < -0.4 is 5.32 Å². The molecule has 1 N–H and O–H groups in total. The molecule has 5 heteroatoms. The maximum atomic E-state index is 8.88. The van der Waals surface area contributed by atoms with E-state index >= 15 is 0 Å². The molecule has 0 saturated carbocycles. The number of nitriles is 1. The van der Waals surface area contributed by atoms with E-state index in [0.29, 0.717) is 5.56 Å². The number of rotatable bonds is 2. The Hall–Kier alpha value is -1.80. The van der Waals surface area contributed by atoms with Gasteiger partial charge in [0.1, 0.15) is 0 Å². The maximum Gasteiger partial charge on any atom is 0.152 e. The zero-order chi connectivity index (χ0) is 12.4. The van der Waals surface area contributed by atoms with Gasteiger partial charge in [-0.05, 0) is 25.1 Å². The average Bonchev–Trinajstić information content (AvgIpc) is 2.57. The molecule has 2 aromatic rings. The van der Waals surface area contributed by atoms with Crippen molar-refractivity contribution < 1.29 is 0 Å². The Labute approximate surface area is 108 Å². The lowest BCUT2D eigenvalue weighted by Gasteiger charge is -2.03. The molecule has 0 saturated heterocycles. The highest BCUT2D eigenvalue weighted by Gasteiger charge is 2.03. The molecule has 0 aliphatic heterocycles. The number of hydrogen-bond donors (Lipinski definition) is 1. The zero-order valence-corrected chi connectivity index (χ0v) is 11.1. The van der Waals surface area contributed by atoms with Gasteiger partial charge in [0.2, 0.25) is 0 Å². The fraction of sp³-hybridized carbons (Fsp3) is 0.167. The van der Waals surface area contributed by atoms with Crippen LogP contribution in [-0.2, 0) is 7.05 Å². The second kappa shape index (κ2) is 4.60. The van der Waals surface area contributed by atoms with Gasteiger partial charge in [-0.15, -0.1) is 0 Å². The predicted molar refractivity (Wildman–Crippen MR) is 70.1 cm³/mol. The van der Waals surface area contributed by atoms with Gasteiger partial charge < -0.3 is 5.32 Å². The molecule has 0 atom stereocenters. The Bertz CT molecular complexity index is 576. The quantitative estimate of drug-likeness (QED) is 0.925. The Kier molecular flexibility index (Phi) is 3.16. The standard InChI is InChI=1S/C12H11BrN4/c1-8-3-12(16-17(8)2)15-11-5-9(7-14)4-10(13)6-11/h3-6H,1-2H3,(H,15,16). The maximum absolute atomic E-state index is 8.88. The molecule has 0 fully saturated rings. The molecule has 0 unspecified atom stereocenters. The van der Waals surface area contributed by atoms with Gasteiger partial charge in [-0.25, -0.2) is 0 Å². The van der Waals surface area contributed by atoms with Crippen molar-refractivity contribution in [3.63, 3.8) is 0 Å². The van der Waals surface area contributed by atoms with Crippen LogP contribution in [0.4, 0.5) is 11.5 Å². The van der Waals surface area contributed by atoms with Gasteiger partial charge in [0.05, 0.1) is 11.6 Å². The van der Waals surface area contributed by atoms with Crippen molar-refractivity contribution in [2.75, 3.05) is 5.32 Å². The summed E-state index contributed by atoms with van der Waals surface area (Å²) >= 11 is 3.37. The third kappa shape index (κ3) is 2.66. The number of hydrogen-bond acceptors (Lipinski definition) is 3. The Morgan fingerprint density at radius 3 is 2.71 bits per heavy atom. The lowest BCUT2D eigenvalue weighted by molar-refractivity contribution is 0.743. The number of benzene rings is 1. The first-order valence-electron chi connectivity index (χ1n) is 5.07. The van der Waals surface area contributed by atoms with Crippen molar-refractivity contribution in [2.45, 2.75) is 6.92 Å². The van der Waals surface area contributed by atoms with Crippen LogP contribution in [0.1, 0.15) is 11.3 Å². The normalized spacial score (nSPS) is 10.0. The van der Waals surface area contributed by atoms with Gasteiger partial charge in [-0.1, -0.05) is 15.9 Å². The van der Waals surface area contributed by atoms with E-state index < -0.39 is 0 Å². The summed E-state index contributed by atoms with van der Waals surface area (Å²) in [4.78, 5) is 0. The van der Waals surface area contributed by atoms with Gasteiger partial charge in [-0.3, -0.25) is 4.68 Å². The van der Waals surface area contributed by atoms with Gasteiger partial charge in [0.25, 0.3) is 0 Å². The first-order chi connectivity index (χ1) is 8.08. The molecule has 0 amide bonds. The van der Waals surface area contributed by atoms with E-state index in [-0.39, 0.29) is 0 Å². The molecule has 1 aromatic heterocycles. The SMILES string of the molecule is Cc1cc(Nc2cc(Br)cc(C#N)c2)nn1C. The van der Waals surface area contributed by atoms with Crippen molar-refractivity contribution in [3.8, 4) is 6.07 Å². The van der Waals surface area contributed by atoms with Crippen molar-refractivity contribution in [1.82, 2.24) is 9.78 Å². The van der Waals surface area contributed by atoms with Gasteiger partial charge in [0.15, 0.2) is 5.82 Å². The van der Waals surface area contributed by atoms with E-state index in [0.717, 1.165) is 21.7 Å². The van der Waals surface area contributed by atoms with Crippen LogP contribution in [0.3, 0.4) is 0 Å². The van der Waals surface area contributed by atoms with Gasteiger partial charge in [0, 0.05) is 29.0 Å². The lowest BCUT2D eigenvalue weighted by atomic mass is 10.2. The van der Waals surface area contributed by atoms with Crippen LogP contribution in [-0.4, -0.2) is 9.78 Å². The minimum absolute atomic E-state index is 0.606. The van der Waals surface area contributed by atoms with E-state index in [4.69, 9.17) is 5.26 Å². The summed E-state index contributed by atoms with van der Waals surface area (Å²) in [7, 11) is 1.89. The van der Waals surface area contributed by atoms with Gasteiger partial charge >= 0.3 is 0 Å². The lowest BCUT2D eigenvalue weighted by Crippen LogP contribution is -1.95. The second-order valence-corrected chi connectivity index (χ2v) is 4.68.